The summed E-state index contributed by atoms with van der Waals surface area (Å²) in [6.45, 7) is 8.72. The molecule has 2 N–H and O–H groups in total. The van der Waals surface area contributed by atoms with E-state index in [1.54, 1.807) is 62.1 Å². The van der Waals surface area contributed by atoms with Crippen LogP contribution in [-0.2, 0) is 0 Å². The second kappa shape index (κ2) is 19.1. The van der Waals surface area contributed by atoms with Crippen molar-refractivity contribution in [3.05, 3.63) is 150 Å². The second-order valence-corrected chi connectivity index (χ2v) is 14.0. The van der Waals surface area contributed by atoms with E-state index in [9.17, 15) is 9.59 Å². The molecule has 0 atom stereocenters. The molecule has 2 aliphatic rings. The predicted octanol–water partition coefficient (Wildman–Crippen LogP) is 6.30. The molecule has 0 unspecified atom stereocenters. The Balaban J connectivity index is 0.000000180. The van der Waals surface area contributed by atoms with Gasteiger partial charge in [-0.1, -0.05) is 23.8 Å². The van der Waals surface area contributed by atoms with Gasteiger partial charge in [-0.15, -0.1) is 0 Å². The predicted molar refractivity (Wildman–Crippen MR) is 231 cm³/mol. The van der Waals surface area contributed by atoms with E-state index in [2.05, 4.69) is 56.2 Å². The maximum absolute atomic E-state index is 12.4. The molecule has 0 spiro atoms. The molecular weight excluding hydrogens is 743 g/mol. The average molecular weight is 788 g/mol. The molecule has 3 aromatic carbocycles. The van der Waals surface area contributed by atoms with Gasteiger partial charge in [0.2, 0.25) is 5.95 Å². The van der Waals surface area contributed by atoms with Crippen LogP contribution in [-0.4, -0.2) is 91.2 Å². The first-order valence-electron chi connectivity index (χ1n) is 19.4. The van der Waals surface area contributed by atoms with Gasteiger partial charge in [-0.3, -0.25) is 9.59 Å². The SMILES string of the molecule is COc1ccc(C(=O)Nc2ccc(N3CCN(c4cc(C#N)ccn4)CC3)cc2)cc1.Cc1cccc(C(=O)Nc2cnc(N3CCN(c4ccccn4)CC3)nc2)c1. The first kappa shape index (κ1) is 39.7. The normalized spacial score (nSPS) is 13.7. The zero-order chi connectivity index (χ0) is 41.0. The van der Waals surface area contributed by atoms with Gasteiger partial charge in [-0.05, 0) is 91.9 Å². The Kier molecular flexibility index (Phi) is 12.8. The zero-order valence-corrected chi connectivity index (χ0v) is 33.0. The molecule has 14 heteroatoms. The lowest BCUT2D eigenvalue weighted by Crippen LogP contribution is -2.47. The molecule has 0 bridgehead atoms. The number of carbonyl (C=O) groups excluding carboxylic acids is 2. The summed E-state index contributed by atoms with van der Waals surface area (Å²) in [7, 11) is 1.60. The number of methoxy groups -OCH3 is 1. The van der Waals surface area contributed by atoms with Gasteiger partial charge >= 0.3 is 0 Å². The highest BCUT2D eigenvalue weighted by molar-refractivity contribution is 6.05. The minimum Gasteiger partial charge on any atom is -0.497 e. The summed E-state index contributed by atoms with van der Waals surface area (Å²) in [6.07, 6.45) is 6.80. The molecule has 2 amide bonds. The number of nitrogens with one attached hydrogen (secondary N) is 2. The van der Waals surface area contributed by atoms with E-state index in [1.165, 1.54) is 0 Å². The van der Waals surface area contributed by atoms with Crippen molar-refractivity contribution in [1.29, 1.82) is 5.26 Å². The number of rotatable bonds is 9. The maximum atomic E-state index is 12.4. The summed E-state index contributed by atoms with van der Waals surface area (Å²) < 4.78 is 5.12. The van der Waals surface area contributed by atoms with E-state index in [4.69, 9.17) is 10.00 Å². The number of benzene rings is 3. The molecule has 8 rings (SSSR count). The van der Waals surface area contributed by atoms with Crippen molar-refractivity contribution >= 4 is 46.5 Å². The number of nitrogens with zero attached hydrogens (tertiary/aromatic N) is 9. The van der Waals surface area contributed by atoms with Crippen LogP contribution in [0.15, 0.2) is 128 Å². The lowest BCUT2D eigenvalue weighted by molar-refractivity contribution is 0.101. The standard InChI is InChI=1S/C24H23N5O2.C21H22N6O/c1-31-22-8-2-19(3-9-22)24(30)27-20-4-6-21(7-5-20)28-12-14-29(15-13-28)23-16-18(17-25)10-11-26-23;1-16-5-4-6-17(13-16)20(28)25-18-14-23-21(24-15-18)27-11-9-26(10-12-27)19-7-2-3-8-22-19/h2-11,16H,12-15H2,1H3,(H,27,30);2-8,13-15H,9-12H2,1H3,(H,25,28). The second-order valence-electron chi connectivity index (χ2n) is 14.0. The minimum absolute atomic E-state index is 0.156. The Morgan fingerprint density at radius 1 is 0.610 bits per heavy atom. The minimum atomic E-state index is -0.163. The third kappa shape index (κ3) is 10.5. The van der Waals surface area contributed by atoms with Crippen LogP contribution in [0.2, 0.25) is 0 Å². The van der Waals surface area contributed by atoms with Crippen molar-refractivity contribution < 1.29 is 14.3 Å². The van der Waals surface area contributed by atoms with Crippen molar-refractivity contribution in [2.24, 2.45) is 0 Å². The van der Waals surface area contributed by atoms with Crippen LogP contribution in [0.4, 0.5) is 34.6 Å². The Labute approximate surface area is 343 Å². The maximum Gasteiger partial charge on any atom is 0.255 e. The molecule has 0 radical (unpaired) electrons. The summed E-state index contributed by atoms with van der Waals surface area (Å²) in [6, 6.07) is 34.0. The van der Waals surface area contributed by atoms with Crippen molar-refractivity contribution in [3.63, 3.8) is 0 Å². The third-order valence-corrected chi connectivity index (χ3v) is 10.0. The third-order valence-electron chi connectivity index (χ3n) is 10.0. The quantitative estimate of drug-likeness (QED) is 0.169. The highest BCUT2D eigenvalue weighted by Crippen LogP contribution is 2.23. The van der Waals surface area contributed by atoms with Crippen LogP contribution in [0.1, 0.15) is 31.8 Å². The number of amides is 2. The highest BCUT2D eigenvalue weighted by atomic mass is 16.5. The van der Waals surface area contributed by atoms with Gasteiger partial charge in [0.15, 0.2) is 0 Å². The van der Waals surface area contributed by atoms with Crippen LogP contribution >= 0.6 is 0 Å². The molecule has 0 saturated carbocycles. The van der Waals surface area contributed by atoms with Gasteiger partial charge in [0, 0.05) is 87.3 Å². The number of hydrogen-bond donors (Lipinski definition) is 2. The summed E-state index contributed by atoms with van der Waals surface area (Å²) in [5.74, 6) is 2.91. The molecule has 5 heterocycles. The zero-order valence-electron chi connectivity index (χ0n) is 33.0. The van der Waals surface area contributed by atoms with Crippen LogP contribution < -0.4 is 35.0 Å². The Morgan fingerprint density at radius 2 is 1.24 bits per heavy atom. The van der Waals surface area contributed by atoms with Crippen LogP contribution in [0.5, 0.6) is 5.75 Å². The van der Waals surface area contributed by atoms with Gasteiger partial charge in [0.25, 0.3) is 11.8 Å². The van der Waals surface area contributed by atoms with E-state index in [0.717, 1.165) is 86.7 Å². The fourth-order valence-corrected chi connectivity index (χ4v) is 6.77. The summed E-state index contributed by atoms with van der Waals surface area (Å²) >= 11 is 0. The van der Waals surface area contributed by atoms with E-state index < -0.39 is 0 Å². The van der Waals surface area contributed by atoms with Crippen LogP contribution in [0, 0.1) is 18.3 Å². The highest BCUT2D eigenvalue weighted by Gasteiger charge is 2.21. The van der Waals surface area contributed by atoms with Gasteiger partial charge in [0.05, 0.1) is 36.8 Å². The van der Waals surface area contributed by atoms with E-state index in [-0.39, 0.29) is 11.8 Å². The smallest absolute Gasteiger partial charge is 0.255 e. The summed E-state index contributed by atoms with van der Waals surface area (Å²) in [5.41, 5.74) is 5.32. The number of ether oxygens (including phenoxy) is 1. The van der Waals surface area contributed by atoms with Gasteiger partial charge in [0.1, 0.15) is 17.4 Å². The fraction of sp³-hybridized carbons (Fsp3) is 0.222. The molecule has 3 aromatic heterocycles. The number of nitriles is 1. The Hall–Kier alpha value is -7.53. The number of piperazine rings is 2. The number of anilines is 6. The van der Waals surface area contributed by atoms with E-state index in [1.807, 2.05) is 79.9 Å². The number of hydrogen-bond acceptors (Lipinski definition) is 12. The topological polar surface area (TPSA) is 156 Å². The summed E-state index contributed by atoms with van der Waals surface area (Å²) in [5, 5.41) is 14.8. The van der Waals surface area contributed by atoms with Crippen molar-refractivity contribution in [3.8, 4) is 11.8 Å². The van der Waals surface area contributed by atoms with Crippen molar-refractivity contribution in [2.45, 2.75) is 6.92 Å². The number of pyridine rings is 2. The van der Waals surface area contributed by atoms with Crippen LogP contribution in [0.25, 0.3) is 0 Å². The number of carbonyl (C=O) groups is 2. The van der Waals surface area contributed by atoms with Crippen LogP contribution in [0.3, 0.4) is 0 Å². The molecule has 2 saturated heterocycles. The lowest BCUT2D eigenvalue weighted by Gasteiger charge is -2.36. The monoisotopic (exact) mass is 787 g/mol. The van der Waals surface area contributed by atoms with Gasteiger partial charge in [-0.2, -0.15) is 5.26 Å². The molecular formula is C45H45N11O3. The molecule has 0 aliphatic carbocycles. The van der Waals surface area contributed by atoms with Crippen molar-refractivity contribution in [1.82, 2.24) is 19.9 Å². The first-order chi connectivity index (χ1) is 28.8. The largest absolute Gasteiger partial charge is 0.497 e. The van der Waals surface area contributed by atoms with Gasteiger partial charge in [-0.25, -0.2) is 19.9 Å². The fourth-order valence-electron chi connectivity index (χ4n) is 6.77. The number of aryl methyl sites for hydroxylation is 1. The number of aromatic nitrogens is 4. The molecule has 6 aromatic rings. The molecule has 14 nitrogen and oxygen atoms in total. The Morgan fingerprint density at radius 3 is 1.88 bits per heavy atom. The van der Waals surface area contributed by atoms with E-state index >= 15 is 0 Å². The van der Waals surface area contributed by atoms with E-state index in [0.29, 0.717) is 28.3 Å². The average Bonchev–Trinajstić information content (AvgIpc) is 3.30. The molecule has 298 valence electrons. The summed E-state index contributed by atoms with van der Waals surface area (Å²) in [4.78, 5) is 51.3. The Bertz CT molecular complexity index is 2360. The molecule has 2 fully saturated rings. The lowest BCUT2D eigenvalue weighted by atomic mass is 10.1. The first-order valence-corrected chi connectivity index (χ1v) is 19.4. The van der Waals surface area contributed by atoms with Crippen molar-refractivity contribution in [2.75, 3.05) is 89.7 Å². The van der Waals surface area contributed by atoms with Gasteiger partial charge < -0.3 is 35.0 Å². The molecule has 2 aliphatic heterocycles. The molecule has 59 heavy (non-hydrogen) atoms.